The minimum absolute atomic E-state index is 0.0191. The summed E-state index contributed by atoms with van der Waals surface area (Å²) < 4.78 is 5.14. The van der Waals surface area contributed by atoms with Crippen molar-refractivity contribution < 1.29 is 9.53 Å². The SMILES string of the molecule is COc1ncccc1C(=O)N1CCCC(CBr)C1. The summed E-state index contributed by atoms with van der Waals surface area (Å²) in [5.41, 5.74) is 0.551. The van der Waals surface area contributed by atoms with E-state index in [1.165, 1.54) is 13.5 Å². The van der Waals surface area contributed by atoms with E-state index in [9.17, 15) is 4.79 Å². The van der Waals surface area contributed by atoms with E-state index in [0.29, 0.717) is 17.4 Å². The molecule has 0 aromatic carbocycles. The Kier molecular flexibility index (Phi) is 4.58. The van der Waals surface area contributed by atoms with Crippen LogP contribution >= 0.6 is 15.9 Å². The largest absolute Gasteiger partial charge is 0.480 e. The van der Waals surface area contributed by atoms with Crippen molar-refractivity contribution in [2.24, 2.45) is 5.92 Å². The molecule has 0 aliphatic carbocycles. The van der Waals surface area contributed by atoms with Crippen molar-refractivity contribution in [2.75, 3.05) is 25.5 Å². The number of piperidine rings is 1. The van der Waals surface area contributed by atoms with Crippen LogP contribution in [0.4, 0.5) is 0 Å². The van der Waals surface area contributed by atoms with E-state index in [2.05, 4.69) is 20.9 Å². The maximum Gasteiger partial charge on any atom is 0.259 e. The van der Waals surface area contributed by atoms with Gasteiger partial charge >= 0.3 is 0 Å². The Labute approximate surface area is 115 Å². The van der Waals surface area contributed by atoms with Crippen LogP contribution in [-0.4, -0.2) is 41.3 Å². The van der Waals surface area contributed by atoms with Crippen LogP contribution < -0.4 is 4.74 Å². The highest BCUT2D eigenvalue weighted by atomic mass is 79.9. The van der Waals surface area contributed by atoms with E-state index in [1.807, 2.05) is 4.90 Å². The predicted molar refractivity (Wildman–Crippen MR) is 73.2 cm³/mol. The Bertz CT molecular complexity index is 425. The molecule has 1 aromatic rings. The smallest absolute Gasteiger partial charge is 0.259 e. The summed E-state index contributed by atoms with van der Waals surface area (Å²) in [5.74, 6) is 0.972. The van der Waals surface area contributed by atoms with Gasteiger partial charge in [0.05, 0.1) is 7.11 Å². The number of methoxy groups -OCH3 is 1. The van der Waals surface area contributed by atoms with Crippen LogP contribution in [0.25, 0.3) is 0 Å². The number of likely N-dealkylation sites (tertiary alicyclic amines) is 1. The van der Waals surface area contributed by atoms with Crippen LogP contribution in [0.15, 0.2) is 18.3 Å². The predicted octanol–water partition coefficient (Wildman–Crippen LogP) is 2.34. The highest BCUT2D eigenvalue weighted by Gasteiger charge is 2.25. The second-order valence-corrected chi connectivity index (χ2v) is 5.12. The van der Waals surface area contributed by atoms with Crippen LogP contribution in [-0.2, 0) is 0 Å². The molecule has 1 unspecified atom stereocenters. The molecule has 0 saturated carbocycles. The van der Waals surface area contributed by atoms with E-state index in [1.54, 1.807) is 18.3 Å². The minimum atomic E-state index is 0.0191. The van der Waals surface area contributed by atoms with Gasteiger partial charge in [0.25, 0.3) is 5.91 Å². The number of hydrogen-bond acceptors (Lipinski definition) is 3. The number of aromatic nitrogens is 1. The molecule has 0 N–H and O–H groups in total. The van der Waals surface area contributed by atoms with Gasteiger partial charge in [0.15, 0.2) is 0 Å². The quantitative estimate of drug-likeness (QED) is 0.805. The zero-order valence-electron chi connectivity index (χ0n) is 10.4. The Morgan fingerprint density at radius 2 is 2.50 bits per heavy atom. The number of halogens is 1. The summed E-state index contributed by atoms with van der Waals surface area (Å²) in [5, 5.41) is 0.945. The first-order valence-corrected chi connectivity index (χ1v) is 7.22. The molecule has 1 aliphatic rings. The third kappa shape index (κ3) is 2.83. The number of alkyl halides is 1. The number of carbonyl (C=O) groups excluding carboxylic acids is 1. The van der Waals surface area contributed by atoms with Gasteiger partial charge in [-0.15, -0.1) is 0 Å². The second-order valence-electron chi connectivity index (χ2n) is 4.47. The summed E-state index contributed by atoms with van der Waals surface area (Å²) >= 11 is 3.50. The Morgan fingerprint density at radius 1 is 1.67 bits per heavy atom. The summed E-state index contributed by atoms with van der Waals surface area (Å²) in [6.45, 7) is 1.63. The first-order valence-electron chi connectivity index (χ1n) is 6.10. The van der Waals surface area contributed by atoms with Crippen LogP contribution in [0.5, 0.6) is 5.88 Å². The van der Waals surface area contributed by atoms with Gasteiger partial charge in [0, 0.05) is 24.6 Å². The summed E-state index contributed by atoms with van der Waals surface area (Å²) in [7, 11) is 1.54. The highest BCUT2D eigenvalue weighted by Crippen LogP contribution is 2.22. The van der Waals surface area contributed by atoms with E-state index in [-0.39, 0.29) is 5.91 Å². The number of ether oxygens (including phenoxy) is 1. The zero-order chi connectivity index (χ0) is 13.0. The van der Waals surface area contributed by atoms with Crippen LogP contribution in [0.1, 0.15) is 23.2 Å². The van der Waals surface area contributed by atoms with Gasteiger partial charge in [-0.1, -0.05) is 15.9 Å². The third-order valence-corrected chi connectivity index (χ3v) is 4.14. The van der Waals surface area contributed by atoms with Crippen molar-refractivity contribution in [3.63, 3.8) is 0 Å². The number of hydrogen-bond donors (Lipinski definition) is 0. The van der Waals surface area contributed by atoms with Crippen molar-refractivity contribution in [3.05, 3.63) is 23.9 Å². The molecular weight excluding hydrogens is 296 g/mol. The molecule has 0 spiro atoms. The van der Waals surface area contributed by atoms with Crippen molar-refractivity contribution in [3.8, 4) is 5.88 Å². The lowest BCUT2D eigenvalue weighted by Crippen LogP contribution is -2.40. The number of amides is 1. The topological polar surface area (TPSA) is 42.4 Å². The molecule has 1 amide bonds. The number of nitrogens with zero attached hydrogens (tertiary/aromatic N) is 2. The molecule has 1 atom stereocenters. The molecule has 98 valence electrons. The molecule has 1 aliphatic heterocycles. The molecule has 1 fully saturated rings. The summed E-state index contributed by atoms with van der Waals surface area (Å²) in [6.07, 6.45) is 3.87. The van der Waals surface area contributed by atoms with E-state index >= 15 is 0 Å². The second kappa shape index (κ2) is 6.18. The van der Waals surface area contributed by atoms with E-state index in [0.717, 1.165) is 24.8 Å². The maximum absolute atomic E-state index is 12.4. The molecule has 18 heavy (non-hydrogen) atoms. The maximum atomic E-state index is 12.4. The lowest BCUT2D eigenvalue weighted by molar-refractivity contribution is 0.0681. The van der Waals surface area contributed by atoms with Gasteiger partial charge in [-0.25, -0.2) is 4.98 Å². The fraction of sp³-hybridized carbons (Fsp3) is 0.538. The number of carbonyl (C=O) groups is 1. The Balaban J connectivity index is 2.15. The van der Waals surface area contributed by atoms with Crippen molar-refractivity contribution in [1.82, 2.24) is 9.88 Å². The fourth-order valence-corrected chi connectivity index (χ4v) is 2.79. The molecular formula is C13H17BrN2O2. The number of pyridine rings is 1. The molecule has 4 nitrogen and oxygen atoms in total. The standard InChI is InChI=1S/C13H17BrN2O2/c1-18-12-11(5-2-6-15-12)13(17)16-7-3-4-10(8-14)9-16/h2,5-6,10H,3-4,7-9H2,1H3. The fourth-order valence-electron chi connectivity index (χ4n) is 2.26. The first-order chi connectivity index (χ1) is 8.76. The van der Waals surface area contributed by atoms with Crippen LogP contribution in [0.2, 0.25) is 0 Å². The Morgan fingerprint density at radius 3 is 3.22 bits per heavy atom. The summed E-state index contributed by atoms with van der Waals surface area (Å²) in [6, 6.07) is 3.54. The molecule has 2 heterocycles. The lowest BCUT2D eigenvalue weighted by atomic mass is 9.99. The zero-order valence-corrected chi connectivity index (χ0v) is 12.0. The summed E-state index contributed by atoms with van der Waals surface area (Å²) in [4.78, 5) is 18.4. The van der Waals surface area contributed by atoms with Crippen molar-refractivity contribution in [1.29, 1.82) is 0 Å². The normalized spacial score (nSPS) is 19.7. The van der Waals surface area contributed by atoms with Gasteiger partial charge in [0.2, 0.25) is 5.88 Å². The van der Waals surface area contributed by atoms with Crippen LogP contribution in [0.3, 0.4) is 0 Å². The average molecular weight is 313 g/mol. The Hall–Kier alpha value is -1.10. The molecule has 2 rings (SSSR count). The van der Waals surface area contributed by atoms with E-state index in [4.69, 9.17) is 4.74 Å². The van der Waals surface area contributed by atoms with Gasteiger partial charge in [0.1, 0.15) is 5.56 Å². The van der Waals surface area contributed by atoms with Crippen LogP contribution in [0, 0.1) is 5.92 Å². The molecule has 5 heteroatoms. The first kappa shape index (κ1) is 13.3. The molecule has 1 aromatic heterocycles. The average Bonchev–Trinajstić information content (AvgIpc) is 2.46. The molecule has 0 bridgehead atoms. The van der Waals surface area contributed by atoms with Crippen molar-refractivity contribution in [2.45, 2.75) is 12.8 Å². The van der Waals surface area contributed by atoms with E-state index < -0.39 is 0 Å². The monoisotopic (exact) mass is 312 g/mol. The highest BCUT2D eigenvalue weighted by molar-refractivity contribution is 9.09. The van der Waals surface area contributed by atoms with Gasteiger partial charge < -0.3 is 9.64 Å². The molecule has 0 radical (unpaired) electrons. The van der Waals surface area contributed by atoms with Gasteiger partial charge in [-0.05, 0) is 30.9 Å². The van der Waals surface area contributed by atoms with Gasteiger partial charge in [-0.3, -0.25) is 4.79 Å². The number of rotatable bonds is 3. The van der Waals surface area contributed by atoms with Gasteiger partial charge in [-0.2, -0.15) is 0 Å². The lowest BCUT2D eigenvalue weighted by Gasteiger charge is -2.32. The molecule has 1 saturated heterocycles. The minimum Gasteiger partial charge on any atom is -0.480 e. The van der Waals surface area contributed by atoms with Crippen molar-refractivity contribution >= 4 is 21.8 Å². The third-order valence-electron chi connectivity index (χ3n) is 3.22.